The number of amides is 1. The molecule has 8 heteroatoms. The van der Waals surface area contributed by atoms with Crippen LogP contribution in [0.4, 0.5) is 0 Å². The summed E-state index contributed by atoms with van der Waals surface area (Å²) in [6.07, 6.45) is 0. The van der Waals surface area contributed by atoms with Crippen LogP contribution in [0.25, 0.3) is 0 Å². The molecule has 8 nitrogen and oxygen atoms in total. The van der Waals surface area contributed by atoms with Crippen molar-refractivity contribution in [2.45, 2.75) is 19.9 Å². The van der Waals surface area contributed by atoms with Crippen LogP contribution < -0.4 is 9.47 Å². The van der Waals surface area contributed by atoms with E-state index in [4.69, 9.17) is 9.47 Å². The largest absolute Gasteiger partial charge is 0.504 e. The first-order valence-corrected chi connectivity index (χ1v) is 10.8. The normalized spacial score (nSPS) is 18.2. The number of ketones is 2. The highest BCUT2D eigenvalue weighted by atomic mass is 16.5. The fraction of sp³-hybridized carbons (Fsp3) is 0.400. The van der Waals surface area contributed by atoms with E-state index in [1.165, 1.54) is 11.0 Å². The number of likely N-dealkylation sites (N-methyl/N-ethyl adjacent to an activating group) is 1. The Bertz CT molecular complexity index is 1060. The number of aryl methyl sites for hydroxylation is 1. The summed E-state index contributed by atoms with van der Waals surface area (Å²) in [6, 6.07) is 8.82. The fourth-order valence-electron chi connectivity index (χ4n) is 4.10. The Labute approximate surface area is 193 Å². The van der Waals surface area contributed by atoms with E-state index >= 15 is 0 Å². The Morgan fingerprint density at radius 2 is 1.85 bits per heavy atom. The molecule has 0 aromatic heterocycles. The number of methoxy groups -OCH3 is 1. The second-order valence-electron chi connectivity index (χ2n) is 8.30. The highest BCUT2D eigenvalue weighted by molar-refractivity contribution is 6.44. The molecule has 1 aliphatic rings. The van der Waals surface area contributed by atoms with Crippen LogP contribution in [0.1, 0.15) is 34.5 Å². The molecule has 0 aliphatic carbocycles. The van der Waals surface area contributed by atoms with Crippen molar-refractivity contribution in [3.8, 4) is 17.2 Å². The summed E-state index contributed by atoms with van der Waals surface area (Å²) in [5, 5.41) is 10.1. The minimum absolute atomic E-state index is 0.0512. The molecule has 0 radical (unpaired) electrons. The summed E-state index contributed by atoms with van der Waals surface area (Å²) in [5.41, 5.74) is 1.64. The number of rotatable bonds is 9. The summed E-state index contributed by atoms with van der Waals surface area (Å²) in [7, 11) is 5.28. The lowest BCUT2D eigenvalue weighted by Gasteiger charge is -2.28. The van der Waals surface area contributed by atoms with Crippen LogP contribution in [0.3, 0.4) is 0 Å². The molecule has 2 aromatic carbocycles. The van der Waals surface area contributed by atoms with Crippen LogP contribution in [0.15, 0.2) is 36.4 Å². The average molecular weight is 455 g/mol. The van der Waals surface area contributed by atoms with Crippen LogP contribution in [0, 0.1) is 12.8 Å². The number of ether oxygens (including phenoxy) is 2. The van der Waals surface area contributed by atoms with Gasteiger partial charge in [-0.15, -0.1) is 0 Å². The minimum Gasteiger partial charge on any atom is -0.504 e. The number of phenolic OH excluding ortho intramolecular Hbond substituents is 1. The molecule has 2 aromatic rings. The van der Waals surface area contributed by atoms with Crippen LogP contribution in [0.5, 0.6) is 17.2 Å². The number of hydrogen-bond donors (Lipinski definition) is 1. The van der Waals surface area contributed by atoms with Crippen molar-refractivity contribution >= 4 is 17.5 Å². The van der Waals surface area contributed by atoms with Gasteiger partial charge in [-0.25, -0.2) is 0 Å². The van der Waals surface area contributed by atoms with Crippen molar-refractivity contribution in [2.24, 2.45) is 5.92 Å². The van der Waals surface area contributed by atoms with Crippen molar-refractivity contribution < 1.29 is 29.0 Å². The van der Waals surface area contributed by atoms with E-state index < -0.39 is 29.4 Å². The molecular formula is C25H30N2O6. The number of aromatic hydroxyl groups is 1. The third kappa shape index (κ3) is 4.85. The molecule has 1 saturated heterocycles. The van der Waals surface area contributed by atoms with Gasteiger partial charge < -0.3 is 24.4 Å². The Balaban J connectivity index is 2.08. The van der Waals surface area contributed by atoms with Crippen molar-refractivity contribution in [2.75, 3.05) is 40.9 Å². The monoisotopic (exact) mass is 454 g/mol. The standard InChI is InChI=1S/C25H30N2O6/c1-6-33-20-14-16(7-9-18(20)28)22-21(24(30)25(31)27(22)12-11-26(3)4)23(29)17-8-10-19(32-5)15(2)13-17/h7-10,13-14,21-22,28H,6,11-12H2,1-5H3. The molecule has 1 fully saturated rings. The molecule has 1 aliphatic heterocycles. The van der Waals surface area contributed by atoms with Crippen LogP contribution in [-0.4, -0.2) is 73.3 Å². The van der Waals surface area contributed by atoms with Gasteiger partial charge in [0.15, 0.2) is 17.3 Å². The highest BCUT2D eigenvalue weighted by Gasteiger charge is 2.51. The van der Waals surface area contributed by atoms with Crippen molar-refractivity contribution in [3.05, 3.63) is 53.1 Å². The Kier molecular flexibility index (Phi) is 7.38. The summed E-state index contributed by atoms with van der Waals surface area (Å²) >= 11 is 0. The van der Waals surface area contributed by atoms with E-state index in [1.54, 1.807) is 44.4 Å². The van der Waals surface area contributed by atoms with Gasteiger partial charge in [0.2, 0.25) is 5.78 Å². The van der Waals surface area contributed by atoms with Crippen LogP contribution in [-0.2, 0) is 9.59 Å². The number of carbonyl (C=O) groups is 3. The maximum absolute atomic E-state index is 13.6. The first kappa shape index (κ1) is 24.3. The van der Waals surface area contributed by atoms with E-state index in [1.807, 2.05) is 25.9 Å². The predicted molar refractivity (Wildman–Crippen MR) is 123 cm³/mol. The Hall–Kier alpha value is -3.39. The summed E-state index contributed by atoms with van der Waals surface area (Å²) in [6.45, 7) is 4.73. The number of likely N-dealkylation sites (tertiary alicyclic amines) is 1. The summed E-state index contributed by atoms with van der Waals surface area (Å²) in [4.78, 5) is 43.0. The molecule has 1 N–H and O–H groups in total. The topological polar surface area (TPSA) is 96.4 Å². The van der Waals surface area contributed by atoms with Gasteiger partial charge in [0.05, 0.1) is 19.8 Å². The number of carbonyl (C=O) groups excluding carboxylic acids is 3. The van der Waals surface area contributed by atoms with E-state index in [0.29, 0.717) is 30.0 Å². The van der Waals surface area contributed by atoms with E-state index in [9.17, 15) is 19.5 Å². The quantitative estimate of drug-likeness (QED) is 0.353. The number of phenols is 1. The van der Waals surface area contributed by atoms with Gasteiger partial charge >= 0.3 is 0 Å². The number of nitrogens with zero attached hydrogens (tertiary/aromatic N) is 2. The van der Waals surface area contributed by atoms with Gasteiger partial charge in [-0.1, -0.05) is 6.07 Å². The van der Waals surface area contributed by atoms with Crippen molar-refractivity contribution in [1.82, 2.24) is 9.80 Å². The second-order valence-corrected chi connectivity index (χ2v) is 8.30. The molecule has 2 unspecified atom stereocenters. The first-order chi connectivity index (χ1) is 15.7. The summed E-state index contributed by atoms with van der Waals surface area (Å²) < 4.78 is 10.8. The van der Waals surface area contributed by atoms with Crippen molar-refractivity contribution in [3.63, 3.8) is 0 Å². The average Bonchev–Trinajstić information content (AvgIpc) is 3.03. The number of Topliss-reactive ketones (excluding diaryl/α,β-unsaturated/α-hetero) is 2. The van der Waals surface area contributed by atoms with E-state index in [-0.39, 0.29) is 18.0 Å². The fourth-order valence-corrected chi connectivity index (χ4v) is 4.10. The van der Waals surface area contributed by atoms with Gasteiger partial charge in [0.25, 0.3) is 5.91 Å². The molecule has 1 amide bonds. The van der Waals surface area contributed by atoms with Crippen LogP contribution in [0.2, 0.25) is 0 Å². The van der Waals surface area contributed by atoms with E-state index in [0.717, 1.165) is 5.56 Å². The molecule has 0 bridgehead atoms. The maximum atomic E-state index is 13.6. The first-order valence-electron chi connectivity index (χ1n) is 10.8. The lowest BCUT2D eigenvalue weighted by Crippen LogP contribution is -2.36. The third-order valence-corrected chi connectivity index (χ3v) is 5.78. The third-order valence-electron chi connectivity index (χ3n) is 5.78. The minimum atomic E-state index is -1.20. The van der Waals surface area contributed by atoms with Gasteiger partial charge in [0, 0.05) is 18.7 Å². The smallest absolute Gasteiger partial charge is 0.291 e. The number of hydrogen-bond acceptors (Lipinski definition) is 7. The zero-order chi connectivity index (χ0) is 24.3. The molecule has 0 spiro atoms. The number of benzene rings is 2. The van der Waals surface area contributed by atoms with Crippen LogP contribution >= 0.6 is 0 Å². The molecule has 1 heterocycles. The predicted octanol–water partition coefficient (Wildman–Crippen LogP) is 2.62. The zero-order valence-corrected chi connectivity index (χ0v) is 19.6. The SMILES string of the molecule is CCOc1cc(C2C(C(=O)c3ccc(OC)c(C)c3)C(=O)C(=O)N2CCN(C)C)ccc1O. The summed E-state index contributed by atoms with van der Waals surface area (Å²) in [5.74, 6) is -2.23. The van der Waals surface area contributed by atoms with Gasteiger partial charge in [0.1, 0.15) is 11.7 Å². The van der Waals surface area contributed by atoms with Crippen molar-refractivity contribution in [1.29, 1.82) is 0 Å². The molecule has 33 heavy (non-hydrogen) atoms. The maximum Gasteiger partial charge on any atom is 0.291 e. The molecule has 0 saturated carbocycles. The Morgan fingerprint density at radius 1 is 1.12 bits per heavy atom. The molecule has 2 atom stereocenters. The lowest BCUT2D eigenvalue weighted by molar-refractivity contribution is -0.140. The van der Waals surface area contributed by atoms with Gasteiger partial charge in [-0.3, -0.25) is 14.4 Å². The van der Waals surface area contributed by atoms with Gasteiger partial charge in [-0.05, 0) is 69.4 Å². The molecule has 3 rings (SSSR count). The van der Waals surface area contributed by atoms with Gasteiger partial charge in [-0.2, -0.15) is 0 Å². The second kappa shape index (κ2) is 10.0. The highest BCUT2D eigenvalue weighted by Crippen LogP contribution is 2.41. The van der Waals surface area contributed by atoms with E-state index in [2.05, 4.69) is 0 Å². The molecular weight excluding hydrogens is 424 g/mol. The molecule has 176 valence electrons. The Morgan fingerprint density at radius 3 is 2.45 bits per heavy atom. The zero-order valence-electron chi connectivity index (χ0n) is 19.6. The lowest BCUT2D eigenvalue weighted by atomic mass is 9.85.